The van der Waals surface area contributed by atoms with Gasteiger partial charge in [0.2, 0.25) is 0 Å². The Kier molecular flexibility index (Phi) is 5.89. The van der Waals surface area contributed by atoms with E-state index in [1.807, 2.05) is 24.4 Å². The van der Waals surface area contributed by atoms with E-state index in [-0.39, 0.29) is 6.04 Å². The molecule has 0 bridgehead atoms. The molecule has 134 valence electrons. The molecule has 5 nitrogen and oxygen atoms in total. The van der Waals surface area contributed by atoms with Gasteiger partial charge in [0.25, 0.3) is 0 Å². The summed E-state index contributed by atoms with van der Waals surface area (Å²) in [7, 11) is 3.88. The number of pyridine rings is 1. The van der Waals surface area contributed by atoms with Gasteiger partial charge in [0.05, 0.1) is 7.11 Å². The summed E-state index contributed by atoms with van der Waals surface area (Å²) in [6.45, 7) is 7.24. The van der Waals surface area contributed by atoms with Gasteiger partial charge >= 0.3 is 0 Å². The maximum atomic E-state index is 5.45. The van der Waals surface area contributed by atoms with Crippen molar-refractivity contribution in [1.29, 1.82) is 0 Å². The normalized spacial score (nSPS) is 16.7. The molecule has 0 unspecified atom stereocenters. The van der Waals surface area contributed by atoms with Gasteiger partial charge < -0.3 is 19.9 Å². The molecule has 2 aromatic rings. The van der Waals surface area contributed by atoms with Crippen molar-refractivity contribution in [2.45, 2.75) is 19.5 Å². The molecule has 0 amide bonds. The van der Waals surface area contributed by atoms with Crippen molar-refractivity contribution in [3.8, 4) is 5.75 Å². The Morgan fingerprint density at radius 2 is 1.88 bits per heavy atom. The van der Waals surface area contributed by atoms with Crippen LogP contribution in [0.3, 0.4) is 0 Å². The Morgan fingerprint density at radius 1 is 1.12 bits per heavy atom. The Labute approximate surface area is 150 Å². The zero-order valence-corrected chi connectivity index (χ0v) is 15.4. The van der Waals surface area contributed by atoms with E-state index in [9.17, 15) is 0 Å². The van der Waals surface area contributed by atoms with Crippen LogP contribution in [0.15, 0.2) is 42.6 Å². The second-order valence-corrected chi connectivity index (χ2v) is 6.66. The lowest BCUT2D eigenvalue weighted by molar-refractivity contribution is 0.312. The SMILES string of the molecule is COc1ccccc1[C@@H](C)NCc1ccc(N2CCN(C)CC2)nc1. The molecule has 1 saturated heterocycles. The number of anilines is 1. The van der Waals surface area contributed by atoms with Gasteiger partial charge in [-0.1, -0.05) is 24.3 Å². The number of nitrogens with one attached hydrogen (secondary N) is 1. The zero-order valence-electron chi connectivity index (χ0n) is 15.4. The summed E-state index contributed by atoms with van der Waals surface area (Å²) < 4.78 is 5.45. The molecule has 0 spiro atoms. The van der Waals surface area contributed by atoms with Gasteiger partial charge in [-0.25, -0.2) is 4.98 Å². The van der Waals surface area contributed by atoms with Gasteiger partial charge in [0.1, 0.15) is 11.6 Å². The van der Waals surface area contributed by atoms with Crippen molar-refractivity contribution in [3.63, 3.8) is 0 Å². The van der Waals surface area contributed by atoms with Crippen molar-refractivity contribution in [3.05, 3.63) is 53.7 Å². The van der Waals surface area contributed by atoms with Crippen LogP contribution in [0.4, 0.5) is 5.82 Å². The number of ether oxygens (including phenoxy) is 1. The molecule has 0 radical (unpaired) electrons. The van der Waals surface area contributed by atoms with Crippen LogP contribution < -0.4 is 15.0 Å². The monoisotopic (exact) mass is 340 g/mol. The smallest absolute Gasteiger partial charge is 0.128 e. The number of para-hydroxylation sites is 1. The lowest BCUT2D eigenvalue weighted by Gasteiger charge is -2.33. The molecule has 1 atom stereocenters. The first-order valence-corrected chi connectivity index (χ1v) is 8.92. The van der Waals surface area contributed by atoms with Crippen LogP contribution >= 0.6 is 0 Å². The summed E-state index contributed by atoms with van der Waals surface area (Å²) in [5.41, 5.74) is 2.37. The van der Waals surface area contributed by atoms with Crippen LogP contribution in [0.2, 0.25) is 0 Å². The molecule has 2 heterocycles. The van der Waals surface area contributed by atoms with Crippen molar-refractivity contribution >= 4 is 5.82 Å². The quantitative estimate of drug-likeness (QED) is 0.875. The standard InChI is InChI=1S/C20H28N4O/c1-16(18-6-4-5-7-19(18)25-3)21-14-17-8-9-20(22-15-17)24-12-10-23(2)11-13-24/h4-9,15-16,21H,10-14H2,1-3H3/t16-/m1/s1. The summed E-state index contributed by atoms with van der Waals surface area (Å²) in [6, 6.07) is 12.7. The fraction of sp³-hybridized carbons (Fsp3) is 0.450. The highest BCUT2D eigenvalue weighted by Crippen LogP contribution is 2.24. The lowest BCUT2D eigenvalue weighted by Crippen LogP contribution is -2.44. The van der Waals surface area contributed by atoms with Crippen molar-refractivity contribution < 1.29 is 4.74 Å². The number of methoxy groups -OCH3 is 1. The number of nitrogens with zero attached hydrogens (tertiary/aromatic N) is 3. The number of benzene rings is 1. The molecule has 3 rings (SSSR count). The Hall–Kier alpha value is -2.11. The number of hydrogen-bond donors (Lipinski definition) is 1. The molecule has 1 aromatic carbocycles. The van der Waals surface area contributed by atoms with Gasteiger partial charge in [0, 0.05) is 50.5 Å². The van der Waals surface area contributed by atoms with Gasteiger partial charge in [0.15, 0.2) is 0 Å². The van der Waals surface area contributed by atoms with E-state index in [4.69, 9.17) is 4.74 Å². The van der Waals surface area contributed by atoms with Crippen molar-refractivity contribution in [2.24, 2.45) is 0 Å². The first-order chi connectivity index (χ1) is 12.2. The summed E-state index contributed by atoms with van der Waals surface area (Å²) >= 11 is 0. The molecule has 1 aromatic heterocycles. The lowest BCUT2D eigenvalue weighted by atomic mass is 10.1. The zero-order chi connectivity index (χ0) is 17.6. The number of hydrogen-bond acceptors (Lipinski definition) is 5. The van der Waals surface area contributed by atoms with Gasteiger partial charge in [-0.2, -0.15) is 0 Å². The maximum absolute atomic E-state index is 5.45. The second-order valence-electron chi connectivity index (χ2n) is 6.66. The third-order valence-corrected chi connectivity index (χ3v) is 4.85. The van der Waals surface area contributed by atoms with Crippen LogP contribution in [-0.2, 0) is 6.54 Å². The third kappa shape index (κ3) is 4.50. The predicted molar refractivity (Wildman–Crippen MR) is 102 cm³/mol. The first kappa shape index (κ1) is 17.7. The highest BCUT2D eigenvalue weighted by molar-refractivity contribution is 5.40. The van der Waals surface area contributed by atoms with Crippen LogP contribution in [0.1, 0.15) is 24.1 Å². The molecular weight excluding hydrogens is 312 g/mol. The van der Waals surface area contributed by atoms with E-state index < -0.39 is 0 Å². The molecule has 1 fully saturated rings. The Bertz CT molecular complexity index is 666. The summed E-state index contributed by atoms with van der Waals surface area (Å²) in [6.07, 6.45) is 1.98. The number of rotatable bonds is 6. The minimum Gasteiger partial charge on any atom is -0.496 e. The molecule has 1 N–H and O–H groups in total. The molecule has 1 aliphatic heterocycles. The van der Waals surface area contributed by atoms with E-state index in [1.54, 1.807) is 7.11 Å². The van der Waals surface area contributed by atoms with Crippen molar-refractivity contribution in [2.75, 3.05) is 45.2 Å². The van der Waals surface area contributed by atoms with E-state index >= 15 is 0 Å². The largest absolute Gasteiger partial charge is 0.496 e. The van der Waals surface area contributed by atoms with Gasteiger partial charge in [-0.3, -0.25) is 0 Å². The maximum Gasteiger partial charge on any atom is 0.128 e. The summed E-state index contributed by atoms with van der Waals surface area (Å²) in [4.78, 5) is 9.37. The average Bonchev–Trinajstić information content (AvgIpc) is 2.67. The molecular formula is C20H28N4O. The number of likely N-dealkylation sites (N-methyl/N-ethyl adjacent to an activating group) is 1. The molecule has 0 saturated carbocycles. The van der Waals surface area contributed by atoms with Crippen LogP contribution in [0.5, 0.6) is 5.75 Å². The minimum absolute atomic E-state index is 0.216. The van der Waals surface area contributed by atoms with E-state index in [1.165, 1.54) is 11.1 Å². The van der Waals surface area contributed by atoms with Crippen LogP contribution in [0, 0.1) is 0 Å². The Morgan fingerprint density at radius 3 is 2.56 bits per heavy atom. The van der Waals surface area contributed by atoms with Crippen molar-refractivity contribution in [1.82, 2.24) is 15.2 Å². The second kappa shape index (κ2) is 8.32. The fourth-order valence-corrected chi connectivity index (χ4v) is 3.15. The minimum atomic E-state index is 0.216. The molecule has 1 aliphatic rings. The average molecular weight is 340 g/mol. The third-order valence-electron chi connectivity index (χ3n) is 4.85. The summed E-state index contributed by atoms with van der Waals surface area (Å²) in [5, 5.41) is 3.55. The number of aromatic nitrogens is 1. The highest BCUT2D eigenvalue weighted by atomic mass is 16.5. The van der Waals surface area contributed by atoms with Gasteiger partial charge in [-0.15, -0.1) is 0 Å². The van der Waals surface area contributed by atoms with E-state index in [0.29, 0.717) is 0 Å². The van der Waals surface area contributed by atoms with Gasteiger partial charge in [-0.05, 0) is 31.7 Å². The van der Waals surface area contributed by atoms with Crippen LogP contribution in [-0.4, -0.2) is 50.2 Å². The molecule has 0 aliphatic carbocycles. The van der Waals surface area contributed by atoms with Crippen LogP contribution in [0.25, 0.3) is 0 Å². The highest BCUT2D eigenvalue weighted by Gasteiger charge is 2.15. The van der Waals surface area contributed by atoms with E-state index in [2.05, 4.69) is 52.3 Å². The number of piperazine rings is 1. The fourth-order valence-electron chi connectivity index (χ4n) is 3.15. The Balaban J connectivity index is 1.56. The topological polar surface area (TPSA) is 40.6 Å². The summed E-state index contributed by atoms with van der Waals surface area (Å²) in [5.74, 6) is 2.00. The van der Waals surface area contributed by atoms with E-state index in [0.717, 1.165) is 44.3 Å². The molecule has 5 heteroatoms. The predicted octanol–water partition coefficient (Wildman–Crippen LogP) is 2.69. The first-order valence-electron chi connectivity index (χ1n) is 8.92. The molecule has 25 heavy (non-hydrogen) atoms.